The maximum atomic E-state index is 12.7. The first-order valence-corrected chi connectivity index (χ1v) is 5.62. The number of carbonyl (C=O) groups is 2. The van der Waals surface area contributed by atoms with Gasteiger partial charge in [-0.2, -0.15) is 0 Å². The minimum absolute atomic E-state index is 0.0916. The molecule has 1 unspecified atom stereocenters. The van der Waals surface area contributed by atoms with Gasteiger partial charge in [-0.15, -0.1) is 0 Å². The molecule has 0 aliphatic rings. The van der Waals surface area contributed by atoms with Gasteiger partial charge in [0.05, 0.1) is 12.8 Å². The number of carboxylic acids is 1. The van der Waals surface area contributed by atoms with E-state index in [0.29, 0.717) is 5.56 Å². The highest BCUT2D eigenvalue weighted by Crippen LogP contribution is 2.08. The van der Waals surface area contributed by atoms with E-state index in [9.17, 15) is 14.0 Å². The zero-order valence-corrected chi connectivity index (χ0v) is 10.4. The predicted octanol–water partition coefficient (Wildman–Crippen LogP) is 1.69. The van der Waals surface area contributed by atoms with Gasteiger partial charge in [-0.1, -0.05) is 12.1 Å². The highest BCUT2D eigenvalue weighted by atomic mass is 19.1. The molecule has 0 spiro atoms. The molecule has 0 aliphatic carbocycles. The van der Waals surface area contributed by atoms with Gasteiger partial charge in [-0.25, -0.2) is 4.39 Å². The molecule has 1 aromatic rings. The Labute approximate surface area is 105 Å². The zero-order valence-electron chi connectivity index (χ0n) is 10.4. The third-order valence-corrected chi connectivity index (χ3v) is 2.79. The van der Waals surface area contributed by atoms with Crippen LogP contribution in [0.3, 0.4) is 0 Å². The van der Waals surface area contributed by atoms with Crippen molar-refractivity contribution in [3.63, 3.8) is 0 Å². The van der Waals surface area contributed by atoms with Crippen molar-refractivity contribution in [3.05, 3.63) is 35.6 Å². The van der Waals surface area contributed by atoms with Crippen LogP contribution >= 0.6 is 0 Å². The van der Waals surface area contributed by atoms with Gasteiger partial charge >= 0.3 is 5.97 Å². The number of likely N-dealkylation sites (N-methyl/N-ethyl adjacent to an activating group) is 1. The van der Waals surface area contributed by atoms with E-state index >= 15 is 0 Å². The van der Waals surface area contributed by atoms with Crippen molar-refractivity contribution in [2.75, 3.05) is 7.05 Å². The van der Waals surface area contributed by atoms with Crippen LogP contribution in [0, 0.1) is 5.82 Å². The Morgan fingerprint density at radius 1 is 1.33 bits per heavy atom. The fraction of sp³-hybridized carbons (Fsp3) is 0.385. The highest BCUT2D eigenvalue weighted by molar-refractivity contribution is 5.79. The summed E-state index contributed by atoms with van der Waals surface area (Å²) in [6, 6.07) is 5.31. The van der Waals surface area contributed by atoms with E-state index in [0.717, 1.165) is 0 Å². The van der Waals surface area contributed by atoms with Crippen LogP contribution in [0.5, 0.6) is 0 Å². The molecule has 0 aliphatic heterocycles. The first kappa shape index (κ1) is 14.2. The second-order valence-electron chi connectivity index (χ2n) is 4.25. The van der Waals surface area contributed by atoms with E-state index in [1.807, 2.05) is 0 Å². The SMILES string of the molecule is CC(CC(=O)O)N(C)C(=O)Cc1ccc(F)cc1. The van der Waals surface area contributed by atoms with Gasteiger partial charge in [0, 0.05) is 13.1 Å². The molecular weight excluding hydrogens is 237 g/mol. The Morgan fingerprint density at radius 2 is 1.89 bits per heavy atom. The van der Waals surface area contributed by atoms with Crippen LogP contribution < -0.4 is 0 Å². The predicted molar refractivity (Wildman–Crippen MR) is 64.6 cm³/mol. The lowest BCUT2D eigenvalue weighted by Gasteiger charge is -2.23. The monoisotopic (exact) mass is 253 g/mol. The summed E-state index contributed by atoms with van der Waals surface area (Å²) in [7, 11) is 1.57. The maximum absolute atomic E-state index is 12.7. The quantitative estimate of drug-likeness (QED) is 0.868. The van der Waals surface area contributed by atoms with E-state index in [2.05, 4.69) is 0 Å². The van der Waals surface area contributed by atoms with Crippen molar-refractivity contribution in [1.82, 2.24) is 4.90 Å². The van der Waals surface area contributed by atoms with Gasteiger partial charge in [0.15, 0.2) is 0 Å². The lowest BCUT2D eigenvalue weighted by Crippen LogP contribution is -2.37. The number of benzene rings is 1. The Bertz CT molecular complexity index is 430. The van der Waals surface area contributed by atoms with Crippen LogP contribution in [0.25, 0.3) is 0 Å². The molecule has 1 rings (SSSR count). The average molecular weight is 253 g/mol. The molecule has 5 heteroatoms. The van der Waals surface area contributed by atoms with Crippen molar-refractivity contribution in [3.8, 4) is 0 Å². The van der Waals surface area contributed by atoms with Gasteiger partial charge in [0.1, 0.15) is 5.82 Å². The van der Waals surface area contributed by atoms with Gasteiger partial charge in [0.2, 0.25) is 5.91 Å². The minimum atomic E-state index is -0.941. The molecule has 98 valence electrons. The number of carbonyl (C=O) groups excluding carboxylic acids is 1. The van der Waals surface area contributed by atoms with Crippen molar-refractivity contribution in [2.45, 2.75) is 25.8 Å². The number of rotatable bonds is 5. The number of nitrogens with zero attached hydrogens (tertiary/aromatic N) is 1. The van der Waals surface area contributed by atoms with Crippen molar-refractivity contribution < 1.29 is 19.1 Å². The van der Waals surface area contributed by atoms with Crippen LogP contribution in [0.2, 0.25) is 0 Å². The molecule has 4 nitrogen and oxygen atoms in total. The summed E-state index contributed by atoms with van der Waals surface area (Å²) in [6.45, 7) is 1.68. The van der Waals surface area contributed by atoms with Gasteiger partial charge in [-0.05, 0) is 24.6 Å². The molecule has 0 heterocycles. The number of carboxylic acid groups (broad SMARTS) is 1. The lowest BCUT2D eigenvalue weighted by molar-refractivity contribution is -0.139. The summed E-state index contributed by atoms with van der Waals surface area (Å²) in [5.74, 6) is -1.47. The van der Waals surface area contributed by atoms with Crippen LogP contribution in [0.1, 0.15) is 18.9 Å². The lowest BCUT2D eigenvalue weighted by atomic mass is 10.1. The molecule has 18 heavy (non-hydrogen) atoms. The Kier molecular flexibility index (Phi) is 4.83. The van der Waals surface area contributed by atoms with E-state index in [1.165, 1.54) is 17.0 Å². The minimum Gasteiger partial charge on any atom is -0.481 e. The molecular formula is C13H16FNO3. The summed E-state index contributed by atoms with van der Waals surface area (Å²) in [5, 5.41) is 8.66. The smallest absolute Gasteiger partial charge is 0.305 e. The third-order valence-electron chi connectivity index (χ3n) is 2.79. The molecule has 0 radical (unpaired) electrons. The second kappa shape index (κ2) is 6.14. The summed E-state index contributed by atoms with van der Waals surface area (Å²) in [4.78, 5) is 23.8. The number of hydrogen-bond donors (Lipinski definition) is 1. The Balaban J connectivity index is 2.59. The second-order valence-corrected chi connectivity index (χ2v) is 4.25. The van der Waals surface area contributed by atoms with Crippen LogP contribution in [-0.4, -0.2) is 35.0 Å². The topological polar surface area (TPSA) is 57.6 Å². The number of amides is 1. The average Bonchev–Trinajstić information content (AvgIpc) is 2.30. The molecule has 0 aromatic heterocycles. The van der Waals surface area contributed by atoms with E-state index in [1.54, 1.807) is 26.1 Å². The molecule has 0 fully saturated rings. The summed E-state index contributed by atoms with van der Waals surface area (Å²) >= 11 is 0. The van der Waals surface area contributed by atoms with Crippen LogP contribution in [0.15, 0.2) is 24.3 Å². The van der Waals surface area contributed by atoms with Crippen molar-refractivity contribution >= 4 is 11.9 Å². The van der Waals surface area contributed by atoms with E-state index in [-0.39, 0.29) is 30.6 Å². The molecule has 1 atom stereocenters. The van der Waals surface area contributed by atoms with Crippen molar-refractivity contribution in [2.24, 2.45) is 0 Å². The van der Waals surface area contributed by atoms with E-state index < -0.39 is 5.97 Å². The van der Waals surface area contributed by atoms with Crippen LogP contribution in [-0.2, 0) is 16.0 Å². The molecule has 1 aromatic carbocycles. The highest BCUT2D eigenvalue weighted by Gasteiger charge is 2.18. The van der Waals surface area contributed by atoms with E-state index in [4.69, 9.17) is 5.11 Å². The molecule has 0 bridgehead atoms. The standard InChI is InChI=1S/C13H16FNO3/c1-9(7-13(17)18)15(2)12(16)8-10-3-5-11(14)6-4-10/h3-6,9H,7-8H2,1-2H3,(H,17,18). The molecule has 1 N–H and O–H groups in total. The molecule has 0 saturated carbocycles. The third kappa shape index (κ3) is 4.16. The number of aliphatic carboxylic acids is 1. The number of hydrogen-bond acceptors (Lipinski definition) is 2. The fourth-order valence-corrected chi connectivity index (χ4v) is 1.54. The summed E-state index contributed by atoms with van der Waals surface area (Å²) in [6.07, 6.45) is 0.0480. The normalized spacial score (nSPS) is 11.9. The van der Waals surface area contributed by atoms with Gasteiger partial charge in [-0.3, -0.25) is 9.59 Å². The zero-order chi connectivity index (χ0) is 13.7. The van der Waals surface area contributed by atoms with Crippen molar-refractivity contribution in [1.29, 1.82) is 0 Å². The summed E-state index contributed by atoms with van der Waals surface area (Å²) < 4.78 is 12.7. The van der Waals surface area contributed by atoms with Gasteiger partial charge < -0.3 is 10.0 Å². The summed E-state index contributed by atoms with van der Waals surface area (Å²) in [5.41, 5.74) is 0.704. The van der Waals surface area contributed by atoms with Gasteiger partial charge in [0.25, 0.3) is 0 Å². The molecule has 1 amide bonds. The number of halogens is 1. The largest absolute Gasteiger partial charge is 0.481 e. The first-order chi connectivity index (χ1) is 8.40. The Morgan fingerprint density at radius 3 is 2.39 bits per heavy atom. The maximum Gasteiger partial charge on any atom is 0.305 e. The molecule has 0 saturated heterocycles. The first-order valence-electron chi connectivity index (χ1n) is 5.62. The fourth-order valence-electron chi connectivity index (χ4n) is 1.54. The van der Waals surface area contributed by atoms with Crippen LogP contribution in [0.4, 0.5) is 4.39 Å². The Hall–Kier alpha value is -1.91.